The van der Waals surface area contributed by atoms with Gasteiger partial charge in [-0.05, 0) is 57.0 Å². The lowest BCUT2D eigenvalue weighted by atomic mass is 9.99. The van der Waals surface area contributed by atoms with E-state index < -0.39 is 12.0 Å². The zero-order chi connectivity index (χ0) is 17.6. The Kier molecular flexibility index (Phi) is 3.95. The molecule has 0 radical (unpaired) electrons. The van der Waals surface area contributed by atoms with E-state index in [0.717, 1.165) is 0 Å². The fourth-order valence-electron chi connectivity index (χ4n) is 2.36. The Morgan fingerprint density at radius 2 is 2.00 bits per heavy atom. The Bertz CT molecular complexity index is 943. The number of phenols is 1. The molecule has 0 aliphatic heterocycles. The van der Waals surface area contributed by atoms with Crippen molar-refractivity contribution in [2.24, 2.45) is 0 Å². The molecule has 0 saturated heterocycles. The van der Waals surface area contributed by atoms with Crippen LogP contribution in [0.1, 0.15) is 36.1 Å². The molecular formula is C17H11Br2FO3. The SMILES string of the molecule is [2H]c1ccc2c(C(=O)c3cc(Br)c(O)c(Br)c3)c(C(C)F)oc2c1. The van der Waals surface area contributed by atoms with Crippen LogP contribution in [0.15, 0.2) is 49.7 Å². The average molecular weight is 443 g/mol. The summed E-state index contributed by atoms with van der Waals surface area (Å²) in [4.78, 5) is 13.0. The van der Waals surface area contributed by atoms with Gasteiger partial charge in [-0.2, -0.15) is 0 Å². The number of benzene rings is 2. The van der Waals surface area contributed by atoms with Gasteiger partial charge in [0.25, 0.3) is 0 Å². The molecule has 3 rings (SSSR count). The van der Waals surface area contributed by atoms with Gasteiger partial charge < -0.3 is 9.52 Å². The number of para-hydroxylation sites is 1. The van der Waals surface area contributed by atoms with Gasteiger partial charge in [0.2, 0.25) is 0 Å². The summed E-state index contributed by atoms with van der Waals surface area (Å²) in [6, 6.07) is 7.68. The van der Waals surface area contributed by atoms with E-state index in [1.807, 2.05) is 0 Å². The van der Waals surface area contributed by atoms with Gasteiger partial charge in [-0.25, -0.2) is 4.39 Å². The summed E-state index contributed by atoms with van der Waals surface area (Å²) >= 11 is 6.36. The summed E-state index contributed by atoms with van der Waals surface area (Å²) in [5, 5.41) is 10.2. The zero-order valence-electron chi connectivity index (χ0n) is 12.9. The topological polar surface area (TPSA) is 50.4 Å². The third kappa shape index (κ3) is 2.81. The van der Waals surface area contributed by atoms with Crippen molar-refractivity contribution in [1.29, 1.82) is 0 Å². The summed E-state index contributed by atoms with van der Waals surface area (Å²) in [5.41, 5.74) is 0.692. The molecule has 3 aromatic rings. The van der Waals surface area contributed by atoms with Gasteiger partial charge in [-0.1, -0.05) is 18.2 Å². The Morgan fingerprint density at radius 3 is 2.61 bits per heavy atom. The number of carbonyl (C=O) groups is 1. The van der Waals surface area contributed by atoms with Crippen LogP contribution in [-0.4, -0.2) is 10.9 Å². The number of hydrogen-bond acceptors (Lipinski definition) is 3. The van der Waals surface area contributed by atoms with Gasteiger partial charge in [0.1, 0.15) is 17.1 Å². The normalized spacial score (nSPS) is 13.1. The molecule has 0 fully saturated rings. The molecule has 3 nitrogen and oxygen atoms in total. The van der Waals surface area contributed by atoms with E-state index in [2.05, 4.69) is 31.9 Å². The van der Waals surface area contributed by atoms with Gasteiger partial charge in [-0.15, -0.1) is 0 Å². The Hall–Kier alpha value is -1.66. The average Bonchev–Trinajstić information content (AvgIpc) is 2.90. The van der Waals surface area contributed by atoms with Crippen LogP contribution in [0.3, 0.4) is 0 Å². The van der Waals surface area contributed by atoms with E-state index in [1.54, 1.807) is 6.07 Å². The molecule has 0 saturated carbocycles. The number of hydrogen-bond donors (Lipinski definition) is 1. The van der Waals surface area contributed by atoms with E-state index in [0.29, 0.717) is 19.9 Å². The predicted octanol–water partition coefficient (Wildman–Crippen LogP) is 5.92. The molecular weight excluding hydrogens is 431 g/mol. The lowest BCUT2D eigenvalue weighted by molar-refractivity contribution is 0.103. The van der Waals surface area contributed by atoms with Crippen molar-refractivity contribution in [3.05, 3.63) is 62.2 Å². The summed E-state index contributed by atoms with van der Waals surface area (Å²) in [6.07, 6.45) is -1.48. The summed E-state index contributed by atoms with van der Waals surface area (Å²) in [6.45, 7) is 1.29. The van der Waals surface area contributed by atoms with Gasteiger partial charge in [0.15, 0.2) is 12.0 Å². The molecule has 1 N–H and O–H groups in total. The summed E-state index contributed by atoms with van der Waals surface area (Å²) < 4.78 is 27.8. The number of halogens is 3. The van der Waals surface area contributed by atoms with Crippen molar-refractivity contribution in [2.45, 2.75) is 13.1 Å². The number of fused-ring (bicyclic) bond motifs is 1. The maximum atomic E-state index is 14.0. The van der Waals surface area contributed by atoms with Gasteiger partial charge in [0.05, 0.1) is 15.9 Å². The van der Waals surface area contributed by atoms with Crippen molar-refractivity contribution in [2.75, 3.05) is 0 Å². The molecule has 0 bridgehead atoms. The standard InChI is InChI=1S/C17H11Br2FO3/c1-8(20)17-14(10-4-2-3-5-13(10)23-17)15(21)9-6-11(18)16(22)12(19)7-9/h2-8,22H,1H3/i3D. The Morgan fingerprint density at radius 1 is 1.35 bits per heavy atom. The Labute approximate surface area is 149 Å². The van der Waals surface area contributed by atoms with Crippen LogP contribution in [0.4, 0.5) is 4.39 Å². The second-order valence-electron chi connectivity index (χ2n) is 5.00. The fourth-order valence-corrected chi connectivity index (χ4v) is 3.55. The smallest absolute Gasteiger partial charge is 0.197 e. The van der Waals surface area contributed by atoms with Gasteiger partial charge >= 0.3 is 0 Å². The van der Waals surface area contributed by atoms with E-state index in [9.17, 15) is 14.3 Å². The highest BCUT2D eigenvalue weighted by molar-refractivity contribution is 9.11. The summed E-state index contributed by atoms with van der Waals surface area (Å²) in [5.74, 6) is -0.519. The van der Waals surface area contributed by atoms with E-state index in [4.69, 9.17) is 5.79 Å². The predicted molar refractivity (Wildman–Crippen MR) is 92.7 cm³/mol. The number of aromatic hydroxyl groups is 1. The van der Waals surface area contributed by atoms with Crippen molar-refractivity contribution < 1.29 is 20.1 Å². The highest BCUT2D eigenvalue weighted by Gasteiger charge is 2.26. The number of furan rings is 1. The van der Waals surface area contributed by atoms with Crippen molar-refractivity contribution in [3.8, 4) is 5.75 Å². The number of rotatable bonds is 3. The first kappa shape index (κ1) is 14.9. The molecule has 0 spiro atoms. The van der Waals surface area contributed by atoms with Crippen molar-refractivity contribution in [1.82, 2.24) is 0 Å². The third-order valence-corrected chi connectivity index (χ3v) is 4.64. The first-order valence-electron chi connectivity index (χ1n) is 7.19. The second kappa shape index (κ2) is 6.09. The fraction of sp³-hybridized carbons (Fsp3) is 0.118. The number of carbonyl (C=O) groups excluding carboxylic acids is 1. The molecule has 6 heteroatoms. The minimum absolute atomic E-state index is 0.0264. The third-order valence-electron chi connectivity index (χ3n) is 3.43. The minimum Gasteiger partial charge on any atom is -0.506 e. The first-order chi connectivity index (χ1) is 11.3. The number of ketones is 1. The molecule has 2 aromatic carbocycles. The van der Waals surface area contributed by atoms with Crippen LogP contribution in [-0.2, 0) is 0 Å². The molecule has 1 aromatic heterocycles. The lowest BCUT2D eigenvalue weighted by Gasteiger charge is -2.07. The minimum atomic E-state index is -1.48. The van der Waals surface area contributed by atoms with Gasteiger partial charge in [0, 0.05) is 10.9 Å². The number of alkyl halides is 1. The highest BCUT2D eigenvalue weighted by atomic mass is 79.9. The van der Waals surface area contributed by atoms with Crippen LogP contribution < -0.4 is 0 Å². The molecule has 1 unspecified atom stereocenters. The maximum absolute atomic E-state index is 14.0. The van der Waals surface area contributed by atoms with Crippen LogP contribution in [0, 0.1) is 0 Å². The van der Waals surface area contributed by atoms with Crippen molar-refractivity contribution >= 4 is 48.6 Å². The Balaban J connectivity index is 2.24. The van der Waals surface area contributed by atoms with E-state index >= 15 is 0 Å². The number of phenolic OH excluding ortho intramolecular Hbond substituents is 1. The van der Waals surface area contributed by atoms with Crippen LogP contribution in [0.2, 0.25) is 0 Å². The molecule has 1 heterocycles. The molecule has 0 amide bonds. The monoisotopic (exact) mass is 441 g/mol. The first-order valence-corrected chi connectivity index (χ1v) is 8.28. The molecule has 23 heavy (non-hydrogen) atoms. The van der Waals surface area contributed by atoms with Crippen LogP contribution >= 0.6 is 31.9 Å². The molecule has 118 valence electrons. The molecule has 0 aliphatic rings. The highest BCUT2D eigenvalue weighted by Crippen LogP contribution is 2.37. The quantitative estimate of drug-likeness (QED) is 0.511. The van der Waals surface area contributed by atoms with E-state index in [1.165, 1.54) is 31.2 Å². The van der Waals surface area contributed by atoms with Gasteiger partial charge in [-0.3, -0.25) is 4.79 Å². The van der Waals surface area contributed by atoms with E-state index in [-0.39, 0.29) is 28.7 Å². The molecule has 0 aliphatic carbocycles. The largest absolute Gasteiger partial charge is 0.506 e. The second-order valence-corrected chi connectivity index (χ2v) is 6.71. The lowest BCUT2D eigenvalue weighted by Crippen LogP contribution is -2.04. The van der Waals surface area contributed by atoms with Crippen LogP contribution in [0.25, 0.3) is 11.0 Å². The zero-order valence-corrected chi connectivity index (χ0v) is 15.0. The van der Waals surface area contributed by atoms with Crippen LogP contribution in [0.5, 0.6) is 5.75 Å². The summed E-state index contributed by atoms with van der Waals surface area (Å²) in [7, 11) is 0. The molecule has 1 atom stereocenters. The maximum Gasteiger partial charge on any atom is 0.197 e. The van der Waals surface area contributed by atoms with Crippen molar-refractivity contribution in [3.63, 3.8) is 0 Å².